The Morgan fingerprint density at radius 3 is 2.53 bits per heavy atom. The van der Waals surface area contributed by atoms with Crippen LogP contribution >= 0.6 is 0 Å². The second-order valence-corrected chi connectivity index (χ2v) is 7.66. The van der Waals surface area contributed by atoms with Gasteiger partial charge in [0.25, 0.3) is 5.91 Å². The lowest BCUT2D eigenvalue weighted by Crippen LogP contribution is -2.69. The topological polar surface area (TPSA) is 85.4 Å². The average molecular weight is 438 g/mol. The summed E-state index contributed by atoms with van der Waals surface area (Å²) in [6, 6.07) is 16.2. The first-order valence-corrected chi connectivity index (χ1v) is 10.7. The largest absolute Gasteiger partial charge is 0.493 e. The molecular formula is C24H26N2O6. The van der Waals surface area contributed by atoms with Crippen LogP contribution in [0.15, 0.2) is 54.6 Å². The predicted molar refractivity (Wildman–Crippen MR) is 116 cm³/mol. The van der Waals surface area contributed by atoms with Crippen LogP contribution in [0.5, 0.6) is 5.75 Å². The Bertz CT molecular complexity index is 995. The van der Waals surface area contributed by atoms with E-state index >= 15 is 0 Å². The molecule has 0 saturated carbocycles. The number of methoxy groups -OCH3 is 1. The second kappa shape index (κ2) is 9.40. The van der Waals surface area contributed by atoms with Gasteiger partial charge in [-0.2, -0.15) is 0 Å². The monoisotopic (exact) mass is 438 g/mol. The Labute approximate surface area is 186 Å². The van der Waals surface area contributed by atoms with E-state index in [1.807, 2.05) is 30.3 Å². The predicted octanol–water partition coefficient (Wildman–Crippen LogP) is 2.62. The number of carbonyl (C=O) groups is 3. The minimum Gasteiger partial charge on any atom is -0.493 e. The smallest absolute Gasteiger partial charge is 0.353 e. The number of hydrogen-bond acceptors (Lipinski definition) is 6. The fourth-order valence-electron chi connectivity index (χ4n) is 4.28. The molecule has 2 aliphatic rings. The number of amides is 2. The third-order valence-corrected chi connectivity index (χ3v) is 5.75. The molecule has 0 radical (unpaired) electrons. The van der Waals surface area contributed by atoms with E-state index < -0.39 is 11.6 Å². The molecule has 2 aromatic carbocycles. The number of anilines is 1. The summed E-state index contributed by atoms with van der Waals surface area (Å²) in [7, 11) is 1.53. The molecule has 8 nitrogen and oxygen atoms in total. The molecule has 1 saturated heterocycles. The Balaban J connectivity index is 1.52. The fourth-order valence-corrected chi connectivity index (χ4v) is 4.28. The first kappa shape index (κ1) is 21.8. The summed E-state index contributed by atoms with van der Waals surface area (Å²) in [6.07, 6.45) is 0.805. The molecule has 1 atom stereocenters. The van der Waals surface area contributed by atoms with Gasteiger partial charge in [0.1, 0.15) is 5.75 Å². The van der Waals surface area contributed by atoms with Gasteiger partial charge in [-0.25, -0.2) is 4.79 Å². The molecule has 1 fully saturated rings. The van der Waals surface area contributed by atoms with Gasteiger partial charge in [0, 0.05) is 32.9 Å². The molecule has 32 heavy (non-hydrogen) atoms. The van der Waals surface area contributed by atoms with Crippen molar-refractivity contribution in [1.29, 1.82) is 0 Å². The molecule has 0 bridgehead atoms. The van der Waals surface area contributed by atoms with E-state index in [4.69, 9.17) is 14.2 Å². The van der Waals surface area contributed by atoms with Crippen molar-refractivity contribution in [3.8, 4) is 5.75 Å². The van der Waals surface area contributed by atoms with Crippen LogP contribution in [-0.2, 0) is 19.1 Å². The zero-order chi connectivity index (χ0) is 22.6. The third kappa shape index (κ3) is 3.82. The molecule has 168 valence electrons. The summed E-state index contributed by atoms with van der Waals surface area (Å²) in [5.41, 5.74) is -0.669. The maximum atomic E-state index is 13.4. The van der Waals surface area contributed by atoms with E-state index in [0.717, 1.165) is 5.75 Å². The van der Waals surface area contributed by atoms with Crippen molar-refractivity contribution in [2.75, 3.05) is 38.4 Å². The minimum absolute atomic E-state index is 0.114. The first-order valence-electron chi connectivity index (χ1n) is 10.7. The zero-order valence-corrected chi connectivity index (χ0v) is 18.0. The molecule has 0 aliphatic carbocycles. The number of fused-ring (bicyclic) bond motifs is 3. The average Bonchev–Trinajstić information content (AvgIpc) is 3.17. The normalized spacial score (nSPS) is 19.5. The van der Waals surface area contributed by atoms with E-state index in [2.05, 4.69) is 0 Å². The molecular weight excluding hydrogens is 412 g/mol. The van der Waals surface area contributed by atoms with E-state index in [9.17, 15) is 14.4 Å². The molecule has 2 amide bonds. The van der Waals surface area contributed by atoms with Gasteiger partial charge in [-0.3, -0.25) is 14.5 Å². The van der Waals surface area contributed by atoms with Crippen molar-refractivity contribution >= 4 is 23.5 Å². The van der Waals surface area contributed by atoms with Crippen molar-refractivity contribution in [1.82, 2.24) is 4.90 Å². The molecule has 2 aliphatic heterocycles. The third-order valence-electron chi connectivity index (χ3n) is 5.75. The van der Waals surface area contributed by atoms with Crippen LogP contribution in [-0.4, -0.2) is 61.8 Å². The molecule has 0 spiro atoms. The first-order chi connectivity index (χ1) is 15.6. The Morgan fingerprint density at radius 1 is 1.00 bits per heavy atom. The molecule has 2 aromatic rings. The van der Waals surface area contributed by atoms with Crippen molar-refractivity contribution in [3.63, 3.8) is 0 Å². The summed E-state index contributed by atoms with van der Waals surface area (Å²) in [6.45, 7) is 0.890. The van der Waals surface area contributed by atoms with Crippen LogP contribution < -0.4 is 9.64 Å². The number of nitrogens with zero attached hydrogens (tertiary/aromatic N) is 2. The van der Waals surface area contributed by atoms with E-state index in [-0.39, 0.29) is 44.4 Å². The second-order valence-electron chi connectivity index (χ2n) is 7.66. The SMILES string of the molecule is COCCN1C(=O)c2ccccc2N2C(=O)CCC12C(=O)OCCCOc1ccccc1. The van der Waals surface area contributed by atoms with Gasteiger partial charge in [0.15, 0.2) is 0 Å². The summed E-state index contributed by atoms with van der Waals surface area (Å²) >= 11 is 0. The lowest BCUT2D eigenvalue weighted by molar-refractivity contribution is -0.157. The summed E-state index contributed by atoms with van der Waals surface area (Å²) in [5, 5.41) is 0. The van der Waals surface area contributed by atoms with Gasteiger partial charge in [-0.05, 0) is 24.3 Å². The van der Waals surface area contributed by atoms with Crippen LogP contribution in [0.4, 0.5) is 5.69 Å². The van der Waals surface area contributed by atoms with Crippen LogP contribution in [0.1, 0.15) is 29.6 Å². The number of rotatable bonds is 9. The van der Waals surface area contributed by atoms with Crippen molar-refractivity contribution < 1.29 is 28.6 Å². The highest BCUT2D eigenvalue weighted by atomic mass is 16.5. The van der Waals surface area contributed by atoms with Gasteiger partial charge in [0.05, 0.1) is 31.1 Å². The van der Waals surface area contributed by atoms with E-state index in [1.54, 1.807) is 24.3 Å². The Hall–Kier alpha value is -3.39. The summed E-state index contributed by atoms with van der Waals surface area (Å²) in [5.74, 6) is -0.392. The Kier molecular flexibility index (Phi) is 6.41. The fraction of sp³-hybridized carbons (Fsp3) is 0.375. The number of benzene rings is 2. The van der Waals surface area contributed by atoms with Gasteiger partial charge in [-0.15, -0.1) is 0 Å². The molecule has 2 heterocycles. The van der Waals surface area contributed by atoms with Crippen molar-refractivity contribution in [3.05, 3.63) is 60.2 Å². The molecule has 0 N–H and O–H groups in total. The van der Waals surface area contributed by atoms with Crippen LogP contribution in [0, 0.1) is 0 Å². The number of ether oxygens (including phenoxy) is 3. The maximum Gasteiger partial charge on any atom is 0.353 e. The maximum absolute atomic E-state index is 13.4. The molecule has 4 rings (SSSR count). The minimum atomic E-state index is -1.50. The highest BCUT2D eigenvalue weighted by Crippen LogP contribution is 2.45. The standard InChI is InChI=1S/C24H26N2O6/c1-30-17-14-25-22(28)19-10-5-6-11-20(19)26-21(27)12-13-24(25,26)23(29)32-16-7-15-31-18-8-3-2-4-9-18/h2-6,8-11H,7,12-17H2,1H3. The lowest BCUT2D eigenvalue weighted by atomic mass is 9.96. The van der Waals surface area contributed by atoms with Crippen LogP contribution in [0.25, 0.3) is 0 Å². The highest BCUT2D eigenvalue weighted by Gasteiger charge is 2.61. The van der Waals surface area contributed by atoms with Crippen molar-refractivity contribution in [2.45, 2.75) is 24.9 Å². The van der Waals surface area contributed by atoms with Gasteiger partial charge in [0.2, 0.25) is 11.6 Å². The summed E-state index contributed by atoms with van der Waals surface area (Å²) < 4.78 is 16.4. The van der Waals surface area contributed by atoms with E-state index in [0.29, 0.717) is 24.3 Å². The molecule has 0 aromatic heterocycles. The number of esters is 1. The van der Waals surface area contributed by atoms with Gasteiger partial charge >= 0.3 is 5.97 Å². The molecule has 8 heteroatoms. The quantitative estimate of drug-likeness (QED) is 0.442. The van der Waals surface area contributed by atoms with Gasteiger partial charge < -0.3 is 19.1 Å². The molecule has 1 unspecified atom stereocenters. The number of hydrogen-bond donors (Lipinski definition) is 0. The number of carbonyl (C=O) groups excluding carboxylic acids is 3. The van der Waals surface area contributed by atoms with Crippen LogP contribution in [0.2, 0.25) is 0 Å². The lowest BCUT2D eigenvalue weighted by Gasteiger charge is -2.48. The number of para-hydroxylation sites is 2. The van der Waals surface area contributed by atoms with Gasteiger partial charge in [-0.1, -0.05) is 30.3 Å². The van der Waals surface area contributed by atoms with Crippen molar-refractivity contribution in [2.24, 2.45) is 0 Å². The highest BCUT2D eigenvalue weighted by molar-refractivity contribution is 6.15. The zero-order valence-electron chi connectivity index (χ0n) is 18.0. The summed E-state index contributed by atoms with van der Waals surface area (Å²) in [4.78, 5) is 42.5. The Morgan fingerprint density at radius 2 is 1.75 bits per heavy atom. The van der Waals surface area contributed by atoms with Crippen LogP contribution in [0.3, 0.4) is 0 Å². The van der Waals surface area contributed by atoms with E-state index in [1.165, 1.54) is 16.9 Å².